The quantitative estimate of drug-likeness (QED) is 0.626. The maximum atomic E-state index is 6.27. The maximum Gasteiger partial charge on any atom is 0.142 e. The van der Waals surface area contributed by atoms with Gasteiger partial charge in [0.1, 0.15) is 15.7 Å². The van der Waals surface area contributed by atoms with Crippen LogP contribution in [0.2, 0.25) is 0 Å². The monoisotopic (exact) mass is 216 g/mol. The molecule has 4 heteroatoms. The van der Waals surface area contributed by atoms with Gasteiger partial charge in [-0.1, -0.05) is 16.5 Å². The Morgan fingerprint density at radius 2 is 1.56 bits per heavy atom. The number of hydrogen-bond acceptors (Lipinski definition) is 2. The molecule has 0 amide bonds. The van der Waals surface area contributed by atoms with E-state index in [1.54, 1.807) is 0 Å². The Kier molecular flexibility index (Phi) is 3.44. The van der Waals surface area contributed by atoms with Crippen LogP contribution in [-0.2, 0) is 5.54 Å². The topological polar surface area (TPSA) is 38.0 Å². The smallest absolute Gasteiger partial charge is 0.142 e. The fourth-order valence-corrected chi connectivity index (χ4v) is 2.69. The number of rotatable bonds is 2. The first-order chi connectivity index (χ1) is 7.21. The minimum atomic E-state index is -0.293. The Bertz CT molecular complexity index is 420. The molecule has 1 aromatic rings. The molecule has 1 aromatic carbocycles. The zero-order chi connectivity index (χ0) is 12.7. The Morgan fingerprint density at radius 3 is 1.94 bits per heavy atom. The SMILES string of the molecule is Bc1c(C)c(C)c(NC)c(B)c1C(C)(C)N. The van der Waals surface area contributed by atoms with Crippen LogP contribution < -0.4 is 22.0 Å². The Labute approximate surface area is 101 Å². The van der Waals surface area contributed by atoms with Gasteiger partial charge in [-0.3, -0.25) is 0 Å². The largest absolute Gasteiger partial charge is 0.388 e. The molecule has 0 atom stereocenters. The molecule has 0 saturated carbocycles. The van der Waals surface area contributed by atoms with E-state index in [0.717, 1.165) is 0 Å². The minimum absolute atomic E-state index is 0.293. The van der Waals surface area contributed by atoms with Crippen LogP contribution >= 0.6 is 0 Å². The molecule has 0 aliphatic rings. The molecule has 0 fully saturated rings. The second-order valence-corrected chi connectivity index (χ2v) is 5.22. The summed E-state index contributed by atoms with van der Waals surface area (Å²) in [4.78, 5) is 0. The molecule has 0 aliphatic heterocycles. The van der Waals surface area contributed by atoms with Crippen LogP contribution in [0.15, 0.2) is 0 Å². The lowest BCUT2D eigenvalue weighted by Gasteiger charge is -2.29. The van der Waals surface area contributed by atoms with E-state index < -0.39 is 0 Å². The fourth-order valence-electron chi connectivity index (χ4n) is 2.69. The third-order valence-electron chi connectivity index (χ3n) is 3.52. The van der Waals surface area contributed by atoms with Crippen molar-refractivity contribution in [2.24, 2.45) is 5.73 Å². The molecule has 0 aromatic heterocycles. The summed E-state index contributed by atoms with van der Waals surface area (Å²) in [7, 11) is 6.28. The summed E-state index contributed by atoms with van der Waals surface area (Å²) in [5.74, 6) is 0. The predicted octanol–water partition coefficient (Wildman–Crippen LogP) is -0.944. The van der Waals surface area contributed by atoms with Gasteiger partial charge in [-0.15, -0.1) is 0 Å². The molecule has 0 spiro atoms. The highest BCUT2D eigenvalue weighted by molar-refractivity contribution is 6.43. The molecule has 2 nitrogen and oxygen atoms in total. The van der Waals surface area contributed by atoms with Gasteiger partial charge in [0.15, 0.2) is 0 Å². The van der Waals surface area contributed by atoms with Gasteiger partial charge in [-0.2, -0.15) is 0 Å². The van der Waals surface area contributed by atoms with Crippen molar-refractivity contribution in [1.29, 1.82) is 0 Å². The molecule has 0 heterocycles. The van der Waals surface area contributed by atoms with Gasteiger partial charge in [-0.25, -0.2) is 0 Å². The first-order valence-electron chi connectivity index (χ1n) is 5.79. The molecule has 1 rings (SSSR count). The third-order valence-corrected chi connectivity index (χ3v) is 3.52. The van der Waals surface area contributed by atoms with Crippen molar-refractivity contribution < 1.29 is 0 Å². The van der Waals surface area contributed by atoms with E-state index in [9.17, 15) is 0 Å². The van der Waals surface area contributed by atoms with Crippen LogP contribution in [0.3, 0.4) is 0 Å². The zero-order valence-electron chi connectivity index (χ0n) is 11.6. The molecule has 3 N–H and O–H groups in total. The van der Waals surface area contributed by atoms with E-state index in [1.807, 2.05) is 7.05 Å². The highest BCUT2D eigenvalue weighted by atomic mass is 14.8. The van der Waals surface area contributed by atoms with E-state index in [2.05, 4.69) is 48.7 Å². The molecular weight excluding hydrogens is 194 g/mol. The van der Waals surface area contributed by atoms with Gasteiger partial charge < -0.3 is 11.1 Å². The van der Waals surface area contributed by atoms with Gasteiger partial charge >= 0.3 is 0 Å². The summed E-state index contributed by atoms with van der Waals surface area (Å²) >= 11 is 0. The Balaban J connectivity index is 3.69. The lowest BCUT2D eigenvalue weighted by molar-refractivity contribution is 0.561. The molecule has 0 aliphatic carbocycles. The van der Waals surface area contributed by atoms with Crippen molar-refractivity contribution >= 4 is 32.3 Å². The van der Waals surface area contributed by atoms with Crippen molar-refractivity contribution in [1.82, 2.24) is 0 Å². The Hall–Kier alpha value is -0.890. The summed E-state index contributed by atoms with van der Waals surface area (Å²) in [5.41, 5.74) is 13.7. The van der Waals surface area contributed by atoms with Gasteiger partial charge in [0.05, 0.1) is 0 Å². The van der Waals surface area contributed by atoms with Crippen LogP contribution in [-0.4, -0.2) is 22.7 Å². The predicted molar refractivity (Wildman–Crippen MR) is 79.0 cm³/mol. The standard InChI is InChI=1S/C12H22B2N2/c1-6-7(2)11(16-5)10(14)8(9(6)13)12(3,4)15/h16H,13-15H2,1-5H3. The van der Waals surface area contributed by atoms with Gasteiger partial charge in [0, 0.05) is 18.3 Å². The van der Waals surface area contributed by atoms with Crippen molar-refractivity contribution in [2.45, 2.75) is 33.2 Å². The van der Waals surface area contributed by atoms with E-state index in [4.69, 9.17) is 5.73 Å². The summed E-state index contributed by atoms with van der Waals surface area (Å²) in [6.45, 7) is 8.46. The fraction of sp³-hybridized carbons (Fsp3) is 0.500. The molecule has 0 saturated heterocycles. The molecule has 0 unspecified atom stereocenters. The molecule has 0 radical (unpaired) electrons. The third kappa shape index (κ3) is 1.99. The first kappa shape index (κ1) is 13.2. The normalized spacial score (nSPS) is 11.6. The van der Waals surface area contributed by atoms with Crippen molar-refractivity contribution in [3.05, 3.63) is 16.7 Å². The summed E-state index contributed by atoms with van der Waals surface area (Å²) in [6, 6.07) is 0. The molecular formula is C12H22B2N2. The lowest BCUT2D eigenvalue weighted by Crippen LogP contribution is -2.43. The van der Waals surface area contributed by atoms with Gasteiger partial charge in [0.2, 0.25) is 0 Å². The lowest BCUT2D eigenvalue weighted by atomic mass is 9.70. The van der Waals surface area contributed by atoms with E-state index in [-0.39, 0.29) is 5.54 Å². The van der Waals surface area contributed by atoms with Crippen molar-refractivity contribution in [2.75, 3.05) is 12.4 Å². The Morgan fingerprint density at radius 1 is 1.06 bits per heavy atom. The zero-order valence-corrected chi connectivity index (χ0v) is 11.6. The second-order valence-electron chi connectivity index (χ2n) is 5.22. The highest BCUT2D eigenvalue weighted by Gasteiger charge is 2.23. The number of nitrogens with one attached hydrogen (secondary N) is 1. The van der Waals surface area contributed by atoms with Gasteiger partial charge in [-0.05, 0) is 38.8 Å². The number of nitrogens with two attached hydrogens (primary N) is 1. The summed E-state index contributed by atoms with van der Waals surface area (Å²) in [6.07, 6.45) is 0. The summed E-state index contributed by atoms with van der Waals surface area (Å²) < 4.78 is 0. The van der Waals surface area contributed by atoms with E-state index in [1.165, 1.54) is 33.3 Å². The average Bonchev–Trinajstić information content (AvgIpc) is 2.13. The van der Waals surface area contributed by atoms with Crippen LogP contribution in [0.1, 0.15) is 30.5 Å². The highest BCUT2D eigenvalue weighted by Crippen LogP contribution is 2.21. The maximum absolute atomic E-state index is 6.27. The summed E-state index contributed by atoms with van der Waals surface area (Å²) in [5, 5.41) is 3.29. The van der Waals surface area contributed by atoms with Crippen molar-refractivity contribution in [3.63, 3.8) is 0 Å². The number of hydrogen-bond donors (Lipinski definition) is 2. The van der Waals surface area contributed by atoms with Crippen molar-refractivity contribution in [3.8, 4) is 0 Å². The van der Waals surface area contributed by atoms with Gasteiger partial charge in [0.25, 0.3) is 0 Å². The van der Waals surface area contributed by atoms with Crippen LogP contribution in [0, 0.1) is 13.8 Å². The van der Waals surface area contributed by atoms with Crippen LogP contribution in [0.4, 0.5) is 5.69 Å². The molecule has 86 valence electrons. The second kappa shape index (κ2) is 4.17. The van der Waals surface area contributed by atoms with E-state index >= 15 is 0 Å². The average molecular weight is 216 g/mol. The van der Waals surface area contributed by atoms with Crippen LogP contribution in [0.25, 0.3) is 0 Å². The minimum Gasteiger partial charge on any atom is -0.388 e. The van der Waals surface area contributed by atoms with Crippen LogP contribution in [0.5, 0.6) is 0 Å². The number of anilines is 1. The van der Waals surface area contributed by atoms with E-state index in [0.29, 0.717) is 0 Å². The first-order valence-corrected chi connectivity index (χ1v) is 5.79. The molecule has 0 bridgehead atoms. The number of benzene rings is 1. The molecule has 16 heavy (non-hydrogen) atoms.